The van der Waals surface area contributed by atoms with E-state index in [2.05, 4.69) is 4.90 Å². The lowest BCUT2D eigenvalue weighted by atomic mass is 9.78. The van der Waals surface area contributed by atoms with Gasteiger partial charge in [0.2, 0.25) is 5.79 Å². The Balaban J connectivity index is 1.40. The number of nitrogens with zero attached hydrogens (tertiary/aromatic N) is 2. The van der Waals surface area contributed by atoms with Gasteiger partial charge >= 0.3 is 5.97 Å². The average Bonchev–Trinajstić information content (AvgIpc) is 3.40. The molecule has 3 N–H and O–H groups in total. The number of Topliss-reactive ketones (excluding diaryl/α,β-unsaturated/α-hetero) is 3. The Kier molecular flexibility index (Phi) is 25.5. The molecule has 0 aromatic carbocycles. The van der Waals surface area contributed by atoms with Crippen molar-refractivity contribution < 1.29 is 67.7 Å². The fourth-order valence-corrected chi connectivity index (χ4v) is 11.8. The number of allylic oxidation sites excluding steroid dienone is 6. The summed E-state index contributed by atoms with van der Waals surface area (Å²) in [6.45, 7) is 19.5. The molecule has 5 rings (SSSR count). The van der Waals surface area contributed by atoms with Crippen LogP contribution in [0.4, 0.5) is 0 Å². The zero-order chi connectivity index (χ0) is 54.8. The van der Waals surface area contributed by atoms with E-state index >= 15 is 0 Å². The molecule has 1 saturated carbocycles. The Labute approximate surface area is 448 Å². The first-order chi connectivity index (χ1) is 35.8. The number of aliphatic hydroxyl groups excluding tert-OH is 2. The number of cyclic esters (lactones) is 1. The van der Waals surface area contributed by atoms with Gasteiger partial charge in [0.05, 0.1) is 56.9 Å². The maximum atomic E-state index is 14.6. The van der Waals surface area contributed by atoms with E-state index < -0.39 is 71.7 Å². The van der Waals surface area contributed by atoms with E-state index in [0.717, 1.165) is 64.1 Å². The van der Waals surface area contributed by atoms with E-state index in [0.29, 0.717) is 50.7 Å². The lowest BCUT2D eigenvalue weighted by molar-refractivity contribution is -0.266. The minimum atomic E-state index is -2.47. The molecule has 4 heterocycles. The van der Waals surface area contributed by atoms with E-state index in [9.17, 15) is 39.3 Å². The Morgan fingerprint density at radius 1 is 0.840 bits per heavy atom. The van der Waals surface area contributed by atoms with Gasteiger partial charge in [0.1, 0.15) is 23.7 Å². The summed E-state index contributed by atoms with van der Waals surface area (Å²) < 4.78 is 36.5. The van der Waals surface area contributed by atoms with Crippen molar-refractivity contribution in [1.29, 1.82) is 0 Å². The summed E-state index contributed by atoms with van der Waals surface area (Å²) in [4.78, 5) is 75.1. The van der Waals surface area contributed by atoms with Crippen molar-refractivity contribution in [3.63, 3.8) is 0 Å². The van der Waals surface area contributed by atoms with Crippen LogP contribution in [-0.4, -0.2) is 169 Å². The predicted octanol–water partition coefficient (Wildman–Crippen LogP) is 6.91. The highest BCUT2D eigenvalue weighted by Crippen LogP contribution is 2.38. The Hall–Kier alpha value is -3.45. The van der Waals surface area contributed by atoms with Crippen molar-refractivity contribution >= 4 is 29.2 Å². The van der Waals surface area contributed by atoms with E-state index in [1.807, 2.05) is 58.1 Å². The summed E-state index contributed by atoms with van der Waals surface area (Å²) in [5.74, 6) is -8.26. The molecule has 1 amide bonds. The number of carbonyl (C=O) groups excluding carboxylic acids is 5. The standard InChI is InChI=1S/C59H94N2O14/c1-38-16-11-10-12-17-39(2)51(73-31-27-62)36-47-21-19-44(7)59(69,75-47)56(66)57(67)61-24-14-13-18-48(61)58(68)74-52(37-49(63)40(3)33-43(6)55(65)45(8)54(64)42(5)32-38)41(4)34-46-20-22-50(53(35-46)70-9)72-28-15-23-60-25-29-71-30-26-60/h10-12,16-17,33,38,40-42,44-48,50-53,55,62,65,69H,13-15,18-32,34-37H2,1-9H3/b12-10+,16-11+,39-17+,43-33+/t38-,40-,41-,42-,44-,45+,46+,47+,48?,50-,51?,52+,53-,55-,59-/m1/s1. The van der Waals surface area contributed by atoms with Crippen LogP contribution in [0.15, 0.2) is 47.6 Å². The zero-order valence-electron chi connectivity index (χ0n) is 46.8. The topological polar surface area (TPSA) is 208 Å². The highest BCUT2D eigenvalue weighted by atomic mass is 16.6. The summed E-state index contributed by atoms with van der Waals surface area (Å²) in [6.07, 6.45) is 14.6. The molecule has 4 fully saturated rings. The van der Waals surface area contributed by atoms with Gasteiger partial charge in [-0.15, -0.1) is 0 Å². The quantitative estimate of drug-likeness (QED) is 0.0786. The van der Waals surface area contributed by atoms with E-state index in [1.54, 1.807) is 40.9 Å². The number of rotatable bonds is 12. The van der Waals surface area contributed by atoms with Gasteiger partial charge < -0.3 is 48.6 Å². The molecule has 0 aromatic heterocycles. The van der Waals surface area contributed by atoms with Gasteiger partial charge in [0.25, 0.3) is 11.7 Å². The number of esters is 1. The molecule has 0 aromatic rings. The molecule has 0 radical (unpaired) electrons. The first-order valence-electron chi connectivity index (χ1n) is 28.3. The van der Waals surface area contributed by atoms with Crippen LogP contribution in [0.5, 0.6) is 0 Å². The van der Waals surface area contributed by atoms with Crippen LogP contribution in [0.2, 0.25) is 0 Å². The van der Waals surface area contributed by atoms with Crippen LogP contribution in [-0.2, 0) is 52.4 Å². The van der Waals surface area contributed by atoms with Crippen LogP contribution in [0.3, 0.4) is 0 Å². The van der Waals surface area contributed by atoms with Crippen LogP contribution < -0.4 is 0 Å². The molecule has 2 bridgehead atoms. The molecular weight excluding hydrogens is 961 g/mol. The molecule has 424 valence electrons. The van der Waals surface area contributed by atoms with Gasteiger partial charge in [-0.3, -0.25) is 24.1 Å². The molecule has 3 saturated heterocycles. The van der Waals surface area contributed by atoms with Crippen molar-refractivity contribution in [2.24, 2.45) is 41.4 Å². The van der Waals surface area contributed by atoms with E-state index in [1.165, 1.54) is 4.90 Å². The number of piperidine rings is 1. The van der Waals surface area contributed by atoms with Gasteiger partial charge in [-0.1, -0.05) is 78.0 Å². The SMILES string of the molecule is CO[C@@H]1C[C@H](C[C@@H](C)[C@@H]2CC(=O)[C@H](C)/C=C(\C)[C@@H](O)[C@@H](C)C(=O)[C@H](C)C[C@H](C)/C=C/C=C/C=C(\C)C(OCCO)C[C@@H]3CC[C@@H](C)[C@@](O)(O3)C(=O)C(=O)N3CCCCC3C(=O)O2)CC[C@H]1OCCCN1CCOCC1. The summed E-state index contributed by atoms with van der Waals surface area (Å²) in [6, 6.07) is -1.14. The van der Waals surface area contributed by atoms with E-state index in [-0.39, 0.29) is 86.5 Å². The Morgan fingerprint density at radius 2 is 1.59 bits per heavy atom. The molecule has 15 atom stereocenters. The lowest BCUT2D eigenvalue weighted by Crippen LogP contribution is -2.61. The van der Waals surface area contributed by atoms with Crippen molar-refractivity contribution in [3.05, 3.63) is 47.6 Å². The molecule has 16 nitrogen and oxygen atoms in total. The molecule has 1 aliphatic carbocycles. The van der Waals surface area contributed by atoms with Crippen LogP contribution in [0.25, 0.3) is 0 Å². The average molecular weight is 1060 g/mol. The number of carbonyl (C=O) groups is 5. The van der Waals surface area contributed by atoms with Crippen molar-refractivity contribution in [1.82, 2.24) is 9.80 Å². The van der Waals surface area contributed by atoms with Gasteiger partial charge in [-0.05, 0) is 113 Å². The van der Waals surface area contributed by atoms with Gasteiger partial charge in [-0.2, -0.15) is 0 Å². The summed E-state index contributed by atoms with van der Waals surface area (Å²) in [5.41, 5.74) is 1.31. The first kappa shape index (κ1) is 62.4. The van der Waals surface area contributed by atoms with Crippen molar-refractivity contribution in [2.45, 2.75) is 187 Å². The second kappa shape index (κ2) is 30.6. The Bertz CT molecular complexity index is 1980. The molecule has 2 unspecified atom stereocenters. The number of methoxy groups -OCH3 is 1. The summed E-state index contributed by atoms with van der Waals surface area (Å²) >= 11 is 0. The minimum Gasteiger partial charge on any atom is -0.460 e. The highest BCUT2D eigenvalue weighted by Gasteiger charge is 2.53. The van der Waals surface area contributed by atoms with Gasteiger partial charge in [0, 0.05) is 76.4 Å². The maximum absolute atomic E-state index is 14.6. The largest absolute Gasteiger partial charge is 0.460 e. The van der Waals surface area contributed by atoms with Crippen molar-refractivity contribution in [3.8, 4) is 0 Å². The number of ether oxygens (including phenoxy) is 6. The number of aliphatic hydroxyl groups is 3. The molecule has 4 aliphatic heterocycles. The second-order valence-electron chi connectivity index (χ2n) is 22.7. The number of hydrogen-bond acceptors (Lipinski definition) is 15. The molecule has 75 heavy (non-hydrogen) atoms. The minimum absolute atomic E-state index is 0.0460. The summed E-state index contributed by atoms with van der Waals surface area (Å²) in [7, 11) is 1.71. The third kappa shape index (κ3) is 18.0. The predicted molar refractivity (Wildman–Crippen MR) is 285 cm³/mol. The molecule has 0 spiro atoms. The fourth-order valence-electron chi connectivity index (χ4n) is 11.8. The third-order valence-electron chi connectivity index (χ3n) is 16.7. The third-order valence-corrected chi connectivity index (χ3v) is 16.7. The Morgan fingerprint density at radius 3 is 2.31 bits per heavy atom. The van der Waals surface area contributed by atoms with Crippen LogP contribution in [0.1, 0.15) is 139 Å². The van der Waals surface area contributed by atoms with Crippen molar-refractivity contribution in [2.75, 3.05) is 66.3 Å². The number of hydrogen-bond donors (Lipinski definition) is 3. The number of morpholine rings is 1. The molecular formula is C59H94N2O14. The first-order valence-corrected chi connectivity index (χ1v) is 28.3. The molecule has 16 heteroatoms. The van der Waals surface area contributed by atoms with Gasteiger partial charge in [0.15, 0.2) is 0 Å². The van der Waals surface area contributed by atoms with Crippen LogP contribution >= 0.6 is 0 Å². The fraction of sp³-hybridized carbons (Fsp3) is 0.780. The second-order valence-corrected chi connectivity index (χ2v) is 22.7. The molecule has 5 aliphatic rings. The highest BCUT2D eigenvalue weighted by molar-refractivity contribution is 6.39. The van der Waals surface area contributed by atoms with E-state index in [4.69, 9.17) is 28.4 Å². The number of amides is 1. The summed E-state index contributed by atoms with van der Waals surface area (Å²) in [5, 5.41) is 33.3. The normalized spacial score (nSPS) is 38.1. The maximum Gasteiger partial charge on any atom is 0.329 e. The number of ketones is 3. The van der Waals surface area contributed by atoms with Crippen LogP contribution in [0, 0.1) is 41.4 Å². The van der Waals surface area contributed by atoms with Gasteiger partial charge in [-0.25, -0.2) is 4.79 Å². The zero-order valence-corrected chi connectivity index (χ0v) is 46.8. The smallest absolute Gasteiger partial charge is 0.329 e. The number of fused-ring (bicyclic) bond motifs is 3. The monoisotopic (exact) mass is 1050 g/mol. The lowest BCUT2D eigenvalue weighted by Gasteiger charge is -2.43.